The van der Waals surface area contributed by atoms with Gasteiger partial charge >= 0.3 is 64.5 Å². The van der Waals surface area contributed by atoms with Crippen molar-refractivity contribution in [2.75, 3.05) is 37.7 Å². The normalized spacial score (nSPS) is 15.2. The maximum Gasteiger partial charge on any atom is 1.00 e. The van der Waals surface area contributed by atoms with Crippen LogP contribution in [-0.2, 0) is 11.1 Å². The third-order valence-electron chi connectivity index (χ3n) is 7.12. The van der Waals surface area contributed by atoms with Gasteiger partial charge in [0, 0.05) is 41.4 Å². The van der Waals surface area contributed by atoms with Crippen LogP contribution in [-0.4, -0.2) is 50.8 Å². The summed E-state index contributed by atoms with van der Waals surface area (Å²) >= 11 is 2.07. The molecule has 3 aromatic carbocycles. The number of fused-ring (bicyclic) bond motifs is 3. The van der Waals surface area contributed by atoms with Gasteiger partial charge in [0.2, 0.25) is 0 Å². The van der Waals surface area contributed by atoms with E-state index in [1.165, 1.54) is 22.3 Å². The average molecular weight is 644 g/mol. The number of benzene rings is 3. The van der Waals surface area contributed by atoms with Gasteiger partial charge in [0.05, 0.1) is 0 Å². The van der Waals surface area contributed by atoms with Gasteiger partial charge in [-0.25, -0.2) is 4.79 Å². The quantitative estimate of drug-likeness (QED) is 0.315. The van der Waals surface area contributed by atoms with Crippen molar-refractivity contribution in [2.24, 2.45) is 0 Å². The van der Waals surface area contributed by atoms with E-state index >= 15 is 0 Å². The number of piperazine rings is 1. The largest absolute Gasteiger partial charge is 1.00 e. The summed E-state index contributed by atoms with van der Waals surface area (Å²) in [4.78, 5) is 16.7. The summed E-state index contributed by atoms with van der Waals surface area (Å²) in [5.74, 6) is 0.00494. The summed E-state index contributed by atoms with van der Waals surface area (Å²) in [6.45, 7) is -0.885. The summed E-state index contributed by atoms with van der Waals surface area (Å²) in [5, 5.41) is 0. The molecule has 0 bridgehead atoms. The Morgan fingerprint density at radius 1 is 0.973 bits per heavy atom. The molecule has 0 N–H and O–H groups in total. The molecule has 1 heterocycles. The molecule has 188 valence electrons. The maximum absolute atomic E-state index is 13.1. The zero-order valence-corrected chi connectivity index (χ0v) is 26.2. The van der Waals surface area contributed by atoms with E-state index in [1.807, 2.05) is 30.3 Å². The van der Waals surface area contributed by atoms with Crippen LogP contribution in [0.3, 0.4) is 0 Å². The van der Waals surface area contributed by atoms with Crippen LogP contribution in [0.2, 0.25) is 0 Å². The maximum atomic E-state index is 13.1. The van der Waals surface area contributed by atoms with Crippen molar-refractivity contribution in [3.8, 4) is 11.1 Å². The molecule has 1 aliphatic carbocycles. The Bertz CT molecular complexity index is 1250. The molecule has 0 saturated carbocycles. The first kappa shape index (κ1) is 28.9. The third kappa shape index (κ3) is 6.41. The molecule has 3 aromatic rings. The minimum Gasteiger partial charge on any atom is -0.449 e. The van der Waals surface area contributed by atoms with Gasteiger partial charge < -0.3 is 27.5 Å². The molecule has 0 spiro atoms. The van der Waals surface area contributed by atoms with Crippen LogP contribution < -0.4 is 56.3 Å². The molecule has 1 amide bonds. The zero-order valence-electron chi connectivity index (χ0n) is 20.9. The predicted molar refractivity (Wildman–Crippen MR) is 146 cm³/mol. The molecular formula is C27H26BF3IKN2O2. The van der Waals surface area contributed by atoms with Crippen LogP contribution in [0.25, 0.3) is 11.1 Å². The standard InChI is InChI=1S/C27H26BF3IN2O2.K/c1-18-19(16-28(29,30)31)14-20(32)15-26(18)33-10-12-34(13-11-33)27(35)36-17-25-23-8-4-2-6-21(23)22-7-3-5-9-24(22)25;/h2-9,14-15,25H,10-13,16-17H2,1H3;/q-1;+1. The molecule has 1 saturated heterocycles. The zero-order chi connectivity index (χ0) is 25.4. The molecule has 4 nitrogen and oxygen atoms in total. The van der Waals surface area contributed by atoms with Crippen molar-refractivity contribution in [1.29, 1.82) is 0 Å². The number of anilines is 1. The van der Waals surface area contributed by atoms with E-state index in [2.05, 4.69) is 51.8 Å². The molecule has 1 fully saturated rings. The monoisotopic (exact) mass is 644 g/mol. The smallest absolute Gasteiger partial charge is 0.449 e. The summed E-state index contributed by atoms with van der Waals surface area (Å²) in [5.41, 5.74) is 6.49. The van der Waals surface area contributed by atoms with Crippen molar-refractivity contribution < 1.29 is 73.9 Å². The molecular weight excluding hydrogens is 618 g/mol. The second kappa shape index (κ2) is 12.0. The molecule has 0 unspecified atom stereocenters. The van der Waals surface area contributed by atoms with Crippen LogP contribution in [0.4, 0.5) is 23.4 Å². The molecule has 37 heavy (non-hydrogen) atoms. The van der Waals surface area contributed by atoms with E-state index in [0.29, 0.717) is 37.3 Å². The Morgan fingerprint density at radius 3 is 2.11 bits per heavy atom. The first-order valence-electron chi connectivity index (χ1n) is 12.1. The average Bonchev–Trinajstić information content (AvgIpc) is 3.17. The Kier molecular flexibility index (Phi) is 9.39. The van der Waals surface area contributed by atoms with E-state index in [9.17, 15) is 17.7 Å². The van der Waals surface area contributed by atoms with Gasteiger partial charge in [-0.05, 0) is 69.5 Å². The first-order chi connectivity index (χ1) is 17.2. The second-order valence-electron chi connectivity index (χ2n) is 9.40. The number of halogens is 4. The molecule has 0 radical (unpaired) electrons. The van der Waals surface area contributed by atoms with Crippen molar-refractivity contribution >= 4 is 41.3 Å². The number of hydrogen-bond donors (Lipinski definition) is 0. The van der Waals surface area contributed by atoms with Gasteiger partial charge in [0.15, 0.2) is 0 Å². The van der Waals surface area contributed by atoms with Gasteiger partial charge in [-0.2, -0.15) is 0 Å². The number of hydrogen-bond acceptors (Lipinski definition) is 3. The molecule has 5 rings (SSSR count). The second-order valence-corrected chi connectivity index (χ2v) is 10.6. The molecule has 2 aliphatic rings. The fourth-order valence-electron chi connectivity index (χ4n) is 5.32. The number of ether oxygens (including phenoxy) is 1. The minimum atomic E-state index is -4.91. The van der Waals surface area contributed by atoms with Crippen LogP contribution in [0.5, 0.6) is 0 Å². The van der Waals surface area contributed by atoms with Crippen LogP contribution in [0.15, 0.2) is 60.7 Å². The summed E-state index contributed by atoms with van der Waals surface area (Å²) in [7, 11) is 0. The van der Waals surface area contributed by atoms with Crippen molar-refractivity contribution in [1.82, 2.24) is 4.90 Å². The predicted octanol–water partition coefficient (Wildman–Crippen LogP) is 3.60. The number of rotatable bonds is 5. The summed E-state index contributed by atoms with van der Waals surface area (Å²) in [6.07, 6.45) is -1.23. The van der Waals surface area contributed by atoms with Crippen LogP contribution >= 0.6 is 22.6 Å². The Morgan fingerprint density at radius 2 is 1.54 bits per heavy atom. The molecule has 0 aromatic heterocycles. The number of carbonyl (C=O) groups is 1. The van der Waals surface area contributed by atoms with Crippen LogP contribution in [0, 0.1) is 10.5 Å². The summed E-state index contributed by atoms with van der Waals surface area (Å²) < 4.78 is 45.9. The molecule has 0 atom stereocenters. The van der Waals surface area contributed by atoms with Crippen molar-refractivity contribution in [3.63, 3.8) is 0 Å². The Hall–Kier alpha value is -1.05. The first-order valence-corrected chi connectivity index (χ1v) is 13.1. The SMILES string of the molecule is Cc1c(C[B-](F)(F)F)cc(I)cc1N1CCN(C(=O)OCC2c3ccccc3-c3ccccc32)CC1.[K+]. The van der Waals surface area contributed by atoms with Gasteiger partial charge in [0.25, 0.3) is 0 Å². The fraction of sp³-hybridized carbons (Fsp3) is 0.296. The van der Waals surface area contributed by atoms with Gasteiger partial charge in [-0.3, -0.25) is 0 Å². The van der Waals surface area contributed by atoms with Gasteiger partial charge in [0.1, 0.15) is 6.61 Å². The number of carbonyl (C=O) groups excluding carboxylic acids is 1. The Labute approximate surface area is 271 Å². The van der Waals surface area contributed by atoms with Crippen LogP contribution in [0.1, 0.15) is 28.2 Å². The van der Waals surface area contributed by atoms with Gasteiger partial charge in [-0.1, -0.05) is 60.4 Å². The minimum absolute atomic E-state index is 0. The summed E-state index contributed by atoms with van der Waals surface area (Å²) in [6, 6.07) is 20.0. The third-order valence-corrected chi connectivity index (χ3v) is 7.74. The number of nitrogens with zero attached hydrogens (tertiary/aromatic N) is 2. The van der Waals surface area contributed by atoms with Crippen molar-refractivity contribution in [3.05, 3.63) is 86.5 Å². The molecule has 10 heteroatoms. The molecule has 1 aliphatic heterocycles. The van der Waals surface area contributed by atoms with E-state index in [1.54, 1.807) is 17.9 Å². The topological polar surface area (TPSA) is 32.8 Å². The van der Waals surface area contributed by atoms with E-state index in [-0.39, 0.29) is 70.0 Å². The van der Waals surface area contributed by atoms with E-state index in [0.717, 1.165) is 9.26 Å². The van der Waals surface area contributed by atoms with E-state index < -0.39 is 13.3 Å². The number of amides is 1. The fourth-order valence-corrected chi connectivity index (χ4v) is 6.00. The Balaban J connectivity index is 0.00000320. The van der Waals surface area contributed by atoms with Crippen molar-refractivity contribution in [2.45, 2.75) is 19.2 Å². The van der Waals surface area contributed by atoms with E-state index in [4.69, 9.17) is 4.74 Å². The van der Waals surface area contributed by atoms with Gasteiger partial charge in [-0.15, -0.1) is 0 Å².